The molecule has 3 rings (SSSR count). The van der Waals surface area contributed by atoms with E-state index >= 15 is 0 Å². The largest absolute Gasteiger partial charge is 0.490 e. The molecule has 0 atom stereocenters. The monoisotopic (exact) mass is 465 g/mol. The Morgan fingerprint density at radius 2 is 1.87 bits per heavy atom. The average Bonchev–Trinajstić information content (AvgIpc) is 3.34. The molecule has 0 bridgehead atoms. The minimum atomic E-state index is -3.46. The second kappa shape index (κ2) is 11.1. The summed E-state index contributed by atoms with van der Waals surface area (Å²) in [5.41, 5.74) is 0.653. The van der Waals surface area contributed by atoms with Crippen molar-refractivity contribution in [3.63, 3.8) is 0 Å². The van der Waals surface area contributed by atoms with Crippen molar-refractivity contribution in [2.24, 2.45) is 5.92 Å². The lowest BCUT2D eigenvalue weighted by Gasteiger charge is -2.30. The number of thiophene rings is 1. The lowest BCUT2D eigenvalue weighted by atomic mass is 9.97. The number of rotatable bonds is 10. The number of ether oxygens (including phenoxy) is 1. The third-order valence-electron chi connectivity index (χ3n) is 5.62. The highest BCUT2D eigenvalue weighted by atomic mass is 32.2. The predicted octanol–water partition coefficient (Wildman–Crippen LogP) is 3.51. The fraction of sp³-hybridized carbons (Fsp3) is 0.500. The van der Waals surface area contributed by atoms with Gasteiger partial charge in [-0.25, -0.2) is 8.42 Å². The second-order valence-corrected chi connectivity index (χ2v) is 10.6. The van der Waals surface area contributed by atoms with Gasteiger partial charge in [-0.3, -0.25) is 4.79 Å². The summed E-state index contributed by atoms with van der Waals surface area (Å²) >= 11 is 1.22. The van der Waals surface area contributed by atoms with Crippen LogP contribution in [-0.4, -0.2) is 62.9 Å². The Hall–Kier alpha value is -1.94. The third-order valence-corrected chi connectivity index (χ3v) is 8.89. The van der Waals surface area contributed by atoms with Gasteiger partial charge in [-0.05, 0) is 49.5 Å². The standard InChI is InChI=1S/C22H31N3O4S2/c1-3-24(4-2)15-16-29-20-9-6-5-8-19(20)23-22(26)18-11-13-25(14-12-18)31(27,28)21-10-7-17-30-21/h5-10,17-18H,3-4,11-16H2,1-2H3,(H,23,26). The number of amides is 1. The van der Waals surface area contributed by atoms with Gasteiger partial charge in [0.2, 0.25) is 5.91 Å². The lowest BCUT2D eigenvalue weighted by Crippen LogP contribution is -2.41. The summed E-state index contributed by atoms with van der Waals surface area (Å²) in [6, 6.07) is 10.8. The van der Waals surface area contributed by atoms with Crippen molar-refractivity contribution in [1.29, 1.82) is 0 Å². The van der Waals surface area contributed by atoms with Crippen LogP contribution in [0.4, 0.5) is 5.69 Å². The Bertz CT molecular complexity index is 935. The van der Waals surface area contributed by atoms with E-state index in [4.69, 9.17) is 4.74 Å². The van der Waals surface area contributed by atoms with E-state index in [9.17, 15) is 13.2 Å². The van der Waals surface area contributed by atoms with Crippen LogP contribution in [0.1, 0.15) is 26.7 Å². The van der Waals surface area contributed by atoms with Crippen LogP contribution < -0.4 is 10.1 Å². The van der Waals surface area contributed by atoms with Crippen LogP contribution >= 0.6 is 11.3 Å². The molecule has 2 aromatic rings. The maximum atomic E-state index is 12.8. The Kier molecular flexibility index (Phi) is 8.48. The van der Waals surface area contributed by atoms with Crippen molar-refractivity contribution in [3.05, 3.63) is 41.8 Å². The van der Waals surface area contributed by atoms with E-state index in [0.29, 0.717) is 48.2 Å². The SMILES string of the molecule is CCN(CC)CCOc1ccccc1NC(=O)C1CCN(S(=O)(=O)c2cccs2)CC1. The number of para-hydroxylation sites is 2. The number of hydrogen-bond donors (Lipinski definition) is 1. The Morgan fingerprint density at radius 3 is 2.52 bits per heavy atom. The first-order valence-electron chi connectivity index (χ1n) is 10.7. The van der Waals surface area contributed by atoms with Gasteiger partial charge in [0.1, 0.15) is 16.6 Å². The van der Waals surface area contributed by atoms with E-state index in [2.05, 4.69) is 24.1 Å². The highest BCUT2D eigenvalue weighted by molar-refractivity contribution is 7.91. The Morgan fingerprint density at radius 1 is 1.16 bits per heavy atom. The molecular formula is C22H31N3O4S2. The number of likely N-dealkylation sites (N-methyl/N-ethyl adjacent to an activating group) is 1. The average molecular weight is 466 g/mol. The van der Waals surface area contributed by atoms with Crippen LogP contribution in [-0.2, 0) is 14.8 Å². The first-order valence-corrected chi connectivity index (χ1v) is 13.1. The number of nitrogens with zero attached hydrogens (tertiary/aromatic N) is 2. The zero-order valence-electron chi connectivity index (χ0n) is 18.1. The van der Waals surface area contributed by atoms with Crippen LogP contribution in [0, 0.1) is 5.92 Å². The van der Waals surface area contributed by atoms with Crippen molar-refractivity contribution >= 4 is 33.0 Å². The number of carbonyl (C=O) groups is 1. The predicted molar refractivity (Wildman–Crippen MR) is 124 cm³/mol. The molecule has 1 aromatic heterocycles. The van der Waals surface area contributed by atoms with E-state index in [1.807, 2.05) is 24.3 Å². The molecule has 0 spiro atoms. The van der Waals surface area contributed by atoms with Gasteiger partial charge in [-0.1, -0.05) is 32.0 Å². The van der Waals surface area contributed by atoms with Gasteiger partial charge in [0.15, 0.2) is 0 Å². The molecule has 9 heteroatoms. The molecule has 1 aliphatic rings. The maximum Gasteiger partial charge on any atom is 0.252 e. The van der Waals surface area contributed by atoms with Crippen LogP contribution in [0.3, 0.4) is 0 Å². The minimum absolute atomic E-state index is 0.0898. The summed E-state index contributed by atoms with van der Waals surface area (Å²) in [5, 5.41) is 4.74. The third kappa shape index (κ3) is 6.06. The number of benzene rings is 1. The van der Waals surface area contributed by atoms with Crippen LogP contribution in [0.5, 0.6) is 5.75 Å². The molecule has 0 saturated carbocycles. The van der Waals surface area contributed by atoms with E-state index in [1.165, 1.54) is 15.6 Å². The van der Waals surface area contributed by atoms with Gasteiger partial charge in [0, 0.05) is 25.6 Å². The van der Waals surface area contributed by atoms with Crippen molar-refractivity contribution in [1.82, 2.24) is 9.21 Å². The first kappa shape index (κ1) is 23.7. The molecule has 1 amide bonds. The number of sulfonamides is 1. The van der Waals surface area contributed by atoms with Crippen LogP contribution in [0.25, 0.3) is 0 Å². The van der Waals surface area contributed by atoms with Gasteiger partial charge in [-0.15, -0.1) is 11.3 Å². The number of nitrogens with one attached hydrogen (secondary N) is 1. The summed E-state index contributed by atoms with van der Waals surface area (Å²) in [7, 11) is -3.46. The second-order valence-electron chi connectivity index (χ2n) is 7.47. The summed E-state index contributed by atoms with van der Waals surface area (Å²) in [4.78, 5) is 15.1. The highest BCUT2D eigenvalue weighted by Gasteiger charge is 2.32. The topological polar surface area (TPSA) is 79.0 Å². The number of carbonyl (C=O) groups excluding carboxylic acids is 1. The maximum absolute atomic E-state index is 12.8. The highest BCUT2D eigenvalue weighted by Crippen LogP contribution is 2.29. The van der Waals surface area contributed by atoms with Gasteiger partial charge >= 0.3 is 0 Å². The van der Waals surface area contributed by atoms with Crippen LogP contribution in [0.15, 0.2) is 46.0 Å². The molecule has 31 heavy (non-hydrogen) atoms. The van der Waals surface area contributed by atoms with Gasteiger partial charge in [0.05, 0.1) is 5.69 Å². The van der Waals surface area contributed by atoms with E-state index in [0.717, 1.165) is 19.6 Å². The normalized spacial score (nSPS) is 15.8. The summed E-state index contributed by atoms with van der Waals surface area (Å²) in [6.45, 7) is 8.25. The molecule has 0 radical (unpaired) electrons. The van der Waals surface area contributed by atoms with Crippen molar-refractivity contribution in [3.8, 4) is 5.75 Å². The van der Waals surface area contributed by atoms with Crippen molar-refractivity contribution in [2.75, 3.05) is 44.6 Å². The molecule has 170 valence electrons. The van der Waals surface area contributed by atoms with E-state index < -0.39 is 10.0 Å². The van der Waals surface area contributed by atoms with Gasteiger partial charge in [0.25, 0.3) is 10.0 Å². The Labute approximate surface area is 189 Å². The quantitative estimate of drug-likeness (QED) is 0.581. The zero-order valence-corrected chi connectivity index (χ0v) is 19.8. The van der Waals surface area contributed by atoms with Gasteiger partial charge in [-0.2, -0.15) is 4.31 Å². The fourth-order valence-electron chi connectivity index (χ4n) is 3.65. The minimum Gasteiger partial charge on any atom is -0.490 e. The summed E-state index contributed by atoms with van der Waals surface area (Å²) < 4.78 is 33.1. The molecule has 0 aliphatic carbocycles. The van der Waals surface area contributed by atoms with E-state index in [-0.39, 0.29) is 11.8 Å². The molecule has 1 aliphatic heterocycles. The molecule has 7 nitrogen and oxygen atoms in total. The van der Waals surface area contributed by atoms with Crippen molar-refractivity contribution < 1.29 is 17.9 Å². The lowest BCUT2D eigenvalue weighted by molar-refractivity contribution is -0.120. The zero-order chi connectivity index (χ0) is 22.3. The first-order chi connectivity index (χ1) is 15.0. The summed E-state index contributed by atoms with van der Waals surface area (Å²) in [6.07, 6.45) is 1.00. The molecule has 1 aromatic carbocycles. The summed E-state index contributed by atoms with van der Waals surface area (Å²) in [5.74, 6) is 0.340. The van der Waals surface area contributed by atoms with Crippen LogP contribution in [0.2, 0.25) is 0 Å². The molecule has 0 unspecified atom stereocenters. The molecular weight excluding hydrogens is 434 g/mol. The number of anilines is 1. The number of piperidine rings is 1. The fourth-order valence-corrected chi connectivity index (χ4v) is 6.27. The van der Waals surface area contributed by atoms with Gasteiger partial charge < -0.3 is 15.0 Å². The molecule has 2 heterocycles. The molecule has 1 N–H and O–H groups in total. The number of hydrogen-bond acceptors (Lipinski definition) is 6. The molecule has 1 saturated heterocycles. The molecule has 1 fully saturated rings. The Balaban J connectivity index is 1.54. The smallest absolute Gasteiger partial charge is 0.252 e. The van der Waals surface area contributed by atoms with E-state index in [1.54, 1.807) is 17.5 Å². The van der Waals surface area contributed by atoms with Crippen molar-refractivity contribution in [2.45, 2.75) is 30.9 Å².